The van der Waals surface area contributed by atoms with Crippen LogP contribution in [0.25, 0.3) is 0 Å². The van der Waals surface area contributed by atoms with Crippen molar-refractivity contribution < 1.29 is 18.3 Å². The number of hydrogen-bond donors (Lipinski definition) is 0. The van der Waals surface area contributed by atoms with Crippen molar-refractivity contribution >= 4 is 21.7 Å². The SMILES string of the molecule is CC(=O)c1ccc(C#N)c(OC(F)F)c1Br. The number of rotatable bonds is 3. The van der Waals surface area contributed by atoms with Crippen molar-refractivity contribution in [1.29, 1.82) is 5.26 Å². The first-order chi connectivity index (χ1) is 7.47. The largest absolute Gasteiger partial charge is 0.432 e. The molecule has 0 heterocycles. The maximum Gasteiger partial charge on any atom is 0.387 e. The highest BCUT2D eigenvalue weighted by atomic mass is 79.9. The summed E-state index contributed by atoms with van der Waals surface area (Å²) in [6, 6.07) is 4.35. The second kappa shape index (κ2) is 5.03. The van der Waals surface area contributed by atoms with Crippen molar-refractivity contribution in [1.82, 2.24) is 0 Å². The summed E-state index contributed by atoms with van der Waals surface area (Å²) in [6.45, 7) is -1.76. The van der Waals surface area contributed by atoms with E-state index in [2.05, 4.69) is 20.7 Å². The monoisotopic (exact) mass is 289 g/mol. The Morgan fingerprint density at radius 2 is 2.19 bits per heavy atom. The highest BCUT2D eigenvalue weighted by Gasteiger charge is 2.18. The Bertz CT molecular complexity index is 469. The number of ether oxygens (including phenoxy) is 1. The summed E-state index contributed by atoms with van der Waals surface area (Å²) in [7, 11) is 0. The van der Waals surface area contributed by atoms with Crippen molar-refractivity contribution in [2.24, 2.45) is 0 Å². The van der Waals surface area contributed by atoms with Gasteiger partial charge in [-0.15, -0.1) is 0 Å². The number of nitrogens with zero attached hydrogens (tertiary/aromatic N) is 1. The molecule has 1 aromatic carbocycles. The number of Topliss-reactive ketones (excluding diaryl/α,β-unsaturated/α-hetero) is 1. The van der Waals surface area contributed by atoms with Gasteiger partial charge < -0.3 is 4.74 Å². The molecular weight excluding hydrogens is 284 g/mol. The Balaban J connectivity index is 3.36. The number of benzene rings is 1. The zero-order valence-electron chi connectivity index (χ0n) is 8.13. The first-order valence-electron chi connectivity index (χ1n) is 4.15. The lowest BCUT2D eigenvalue weighted by molar-refractivity contribution is -0.0505. The van der Waals surface area contributed by atoms with Gasteiger partial charge in [0.05, 0.1) is 10.0 Å². The van der Waals surface area contributed by atoms with E-state index in [9.17, 15) is 13.6 Å². The van der Waals surface area contributed by atoms with Gasteiger partial charge in [0, 0.05) is 5.56 Å². The van der Waals surface area contributed by atoms with Gasteiger partial charge in [-0.2, -0.15) is 14.0 Å². The lowest BCUT2D eigenvalue weighted by Crippen LogP contribution is -2.06. The van der Waals surface area contributed by atoms with Crippen LogP contribution in [0.1, 0.15) is 22.8 Å². The van der Waals surface area contributed by atoms with Gasteiger partial charge in [-0.05, 0) is 35.0 Å². The Morgan fingerprint density at radius 1 is 1.56 bits per heavy atom. The fraction of sp³-hybridized carbons (Fsp3) is 0.200. The van der Waals surface area contributed by atoms with Crippen LogP contribution in [0.4, 0.5) is 8.78 Å². The van der Waals surface area contributed by atoms with E-state index in [0.29, 0.717) is 0 Å². The summed E-state index contributed by atoms with van der Waals surface area (Å²) >= 11 is 2.97. The molecule has 16 heavy (non-hydrogen) atoms. The topological polar surface area (TPSA) is 50.1 Å². The molecule has 0 amide bonds. The van der Waals surface area contributed by atoms with Crippen LogP contribution in [0.3, 0.4) is 0 Å². The smallest absolute Gasteiger partial charge is 0.387 e. The van der Waals surface area contributed by atoms with Crippen LogP contribution >= 0.6 is 15.9 Å². The lowest BCUT2D eigenvalue weighted by atomic mass is 10.1. The number of carbonyl (C=O) groups excluding carboxylic acids is 1. The van der Waals surface area contributed by atoms with Gasteiger partial charge in [-0.1, -0.05) is 0 Å². The highest BCUT2D eigenvalue weighted by Crippen LogP contribution is 2.33. The summed E-state index contributed by atoms with van der Waals surface area (Å²) in [4.78, 5) is 11.1. The molecule has 0 aromatic heterocycles. The minimum Gasteiger partial charge on any atom is -0.432 e. The molecule has 6 heteroatoms. The molecule has 1 aromatic rings. The average Bonchev–Trinajstić information content (AvgIpc) is 2.19. The van der Waals surface area contributed by atoms with Crippen LogP contribution in [0.2, 0.25) is 0 Å². The van der Waals surface area contributed by atoms with Crippen molar-refractivity contribution in [2.45, 2.75) is 13.5 Å². The molecule has 0 fully saturated rings. The fourth-order valence-electron chi connectivity index (χ4n) is 1.12. The van der Waals surface area contributed by atoms with Gasteiger partial charge >= 0.3 is 6.61 Å². The van der Waals surface area contributed by atoms with Crippen LogP contribution in [0.15, 0.2) is 16.6 Å². The predicted octanol–water partition coefficient (Wildman–Crippen LogP) is 3.12. The van der Waals surface area contributed by atoms with E-state index in [0.717, 1.165) is 0 Å². The molecule has 0 aliphatic heterocycles. The van der Waals surface area contributed by atoms with Crippen LogP contribution in [0.5, 0.6) is 5.75 Å². The molecule has 0 N–H and O–H groups in total. The van der Waals surface area contributed by atoms with E-state index in [1.54, 1.807) is 6.07 Å². The summed E-state index contributed by atoms with van der Waals surface area (Å²) < 4.78 is 28.5. The molecule has 0 unspecified atom stereocenters. The molecule has 0 atom stereocenters. The molecule has 0 bridgehead atoms. The van der Waals surface area contributed by atoms with Crippen LogP contribution < -0.4 is 4.74 Å². The molecule has 0 aliphatic carbocycles. The Labute approximate surface area is 98.8 Å². The minimum atomic E-state index is -3.05. The lowest BCUT2D eigenvalue weighted by Gasteiger charge is -2.10. The number of carbonyl (C=O) groups is 1. The van der Waals surface area contributed by atoms with E-state index in [4.69, 9.17) is 5.26 Å². The second-order valence-corrected chi connectivity index (χ2v) is 3.64. The van der Waals surface area contributed by atoms with E-state index in [-0.39, 0.29) is 27.1 Å². The van der Waals surface area contributed by atoms with Crippen LogP contribution in [0, 0.1) is 11.3 Å². The molecule has 84 valence electrons. The van der Waals surface area contributed by atoms with E-state index in [1.165, 1.54) is 19.1 Å². The van der Waals surface area contributed by atoms with Crippen molar-refractivity contribution in [3.63, 3.8) is 0 Å². The fourth-order valence-corrected chi connectivity index (χ4v) is 1.84. The normalized spacial score (nSPS) is 10.0. The predicted molar refractivity (Wildman–Crippen MR) is 55.5 cm³/mol. The molecule has 0 radical (unpaired) electrons. The third-order valence-electron chi connectivity index (χ3n) is 1.80. The highest BCUT2D eigenvalue weighted by molar-refractivity contribution is 9.10. The number of nitriles is 1. The zero-order chi connectivity index (χ0) is 12.3. The maximum atomic E-state index is 12.1. The van der Waals surface area contributed by atoms with Crippen LogP contribution in [-0.4, -0.2) is 12.4 Å². The quantitative estimate of drug-likeness (QED) is 0.804. The third-order valence-corrected chi connectivity index (χ3v) is 2.59. The number of ketones is 1. The van der Waals surface area contributed by atoms with E-state index in [1.807, 2.05) is 0 Å². The summed E-state index contributed by atoms with van der Waals surface area (Å²) in [6.07, 6.45) is 0. The molecular formula is C10H6BrF2NO2. The standard InChI is InChI=1S/C10H6BrF2NO2/c1-5(15)7-3-2-6(4-14)9(8(7)11)16-10(12)13/h2-3,10H,1H3. The maximum absolute atomic E-state index is 12.1. The summed E-state index contributed by atoms with van der Waals surface area (Å²) in [5, 5.41) is 8.70. The van der Waals surface area contributed by atoms with Crippen molar-refractivity contribution in [3.05, 3.63) is 27.7 Å². The van der Waals surface area contributed by atoms with Gasteiger partial charge in [0.15, 0.2) is 11.5 Å². The van der Waals surface area contributed by atoms with Crippen molar-refractivity contribution in [3.8, 4) is 11.8 Å². The van der Waals surface area contributed by atoms with Gasteiger partial charge in [-0.25, -0.2) is 0 Å². The minimum absolute atomic E-state index is 0.0582. The first-order valence-corrected chi connectivity index (χ1v) is 4.95. The molecule has 3 nitrogen and oxygen atoms in total. The van der Waals surface area contributed by atoms with Crippen LogP contribution in [-0.2, 0) is 0 Å². The molecule has 0 saturated carbocycles. The number of hydrogen-bond acceptors (Lipinski definition) is 3. The Morgan fingerprint density at radius 3 is 2.62 bits per heavy atom. The summed E-state index contributed by atoms with van der Waals surface area (Å²) in [5.41, 5.74) is 0.131. The number of halogens is 3. The molecule has 1 rings (SSSR count). The van der Waals surface area contributed by atoms with Gasteiger partial charge in [0.25, 0.3) is 0 Å². The van der Waals surface area contributed by atoms with Gasteiger partial charge in [-0.3, -0.25) is 4.79 Å². The number of alkyl halides is 2. The molecule has 0 saturated heterocycles. The first kappa shape index (κ1) is 12.6. The Hall–Kier alpha value is -1.48. The van der Waals surface area contributed by atoms with E-state index < -0.39 is 6.61 Å². The second-order valence-electron chi connectivity index (χ2n) is 2.85. The van der Waals surface area contributed by atoms with E-state index >= 15 is 0 Å². The van der Waals surface area contributed by atoms with Gasteiger partial charge in [0.2, 0.25) is 0 Å². The summed E-state index contributed by atoms with van der Waals surface area (Å²) in [5.74, 6) is -0.624. The van der Waals surface area contributed by atoms with Gasteiger partial charge in [0.1, 0.15) is 6.07 Å². The molecule has 0 spiro atoms. The third kappa shape index (κ3) is 2.55. The van der Waals surface area contributed by atoms with Crippen molar-refractivity contribution in [2.75, 3.05) is 0 Å². The zero-order valence-corrected chi connectivity index (χ0v) is 9.72. The molecule has 0 aliphatic rings. The Kier molecular flexibility index (Phi) is 3.96. The average molecular weight is 290 g/mol.